The fourth-order valence-electron chi connectivity index (χ4n) is 2.50. The number of nitrogens with zero attached hydrogens (tertiary/aromatic N) is 1. The molecule has 0 radical (unpaired) electrons. The van der Waals surface area contributed by atoms with E-state index in [0.29, 0.717) is 37.1 Å². The Balaban J connectivity index is 1.81. The second-order valence-corrected chi connectivity index (χ2v) is 6.08. The van der Waals surface area contributed by atoms with Gasteiger partial charge in [-0.05, 0) is 36.5 Å². The lowest BCUT2D eigenvalue weighted by molar-refractivity contribution is -0.117. The number of amides is 1. The van der Waals surface area contributed by atoms with Gasteiger partial charge in [-0.2, -0.15) is 0 Å². The Kier molecular flexibility index (Phi) is 7.92. The number of nitrogens with one attached hydrogen (secondary N) is 1. The van der Waals surface area contributed by atoms with E-state index >= 15 is 0 Å². The highest BCUT2D eigenvalue weighted by atomic mass is 16.5. The minimum atomic E-state index is -0.0230. The van der Waals surface area contributed by atoms with Crippen LogP contribution in [0.3, 0.4) is 0 Å². The van der Waals surface area contributed by atoms with Crippen molar-refractivity contribution in [2.45, 2.75) is 26.2 Å². The first-order valence-electron chi connectivity index (χ1n) is 8.59. The van der Waals surface area contributed by atoms with Gasteiger partial charge >= 0.3 is 0 Å². The molecule has 1 unspecified atom stereocenters. The molecule has 1 heterocycles. The minimum Gasteiger partial charge on any atom is -0.474 e. The van der Waals surface area contributed by atoms with E-state index in [-0.39, 0.29) is 5.91 Å². The molecule has 1 N–H and O–H groups in total. The van der Waals surface area contributed by atoms with Crippen molar-refractivity contribution in [2.75, 3.05) is 25.6 Å². The van der Waals surface area contributed by atoms with Crippen molar-refractivity contribution in [1.29, 1.82) is 0 Å². The van der Waals surface area contributed by atoms with Crippen molar-refractivity contribution in [2.24, 2.45) is 5.92 Å². The van der Waals surface area contributed by atoms with E-state index in [1.807, 2.05) is 18.2 Å². The first kappa shape index (κ1) is 18.9. The molecule has 0 spiro atoms. The van der Waals surface area contributed by atoms with Crippen LogP contribution in [0.5, 0.6) is 5.88 Å². The summed E-state index contributed by atoms with van der Waals surface area (Å²) in [6, 6.07) is 13.9. The summed E-state index contributed by atoms with van der Waals surface area (Å²) >= 11 is 0. The number of rotatable bonds is 10. The molecule has 2 rings (SSSR count). The van der Waals surface area contributed by atoms with E-state index in [4.69, 9.17) is 9.47 Å². The summed E-state index contributed by atoms with van der Waals surface area (Å²) < 4.78 is 10.5. The molecule has 1 aromatic heterocycles. The summed E-state index contributed by atoms with van der Waals surface area (Å²) in [7, 11) is 1.61. The number of benzene rings is 1. The number of carbonyl (C=O) groups excluding carboxylic acids is 1. The molecule has 25 heavy (non-hydrogen) atoms. The summed E-state index contributed by atoms with van der Waals surface area (Å²) in [5.74, 6) is 0.699. The molecule has 5 heteroatoms. The van der Waals surface area contributed by atoms with E-state index in [2.05, 4.69) is 29.4 Å². The second kappa shape index (κ2) is 10.5. The highest BCUT2D eigenvalue weighted by Crippen LogP contribution is 2.21. The van der Waals surface area contributed by atoms with Gasteiger partial charge in [0.15, 0.2) is 0 Å². The first-order valence-corrected chi connectivity index (χ1v) is 8.59. The summed E-state index contributed by atoms with van der Waals surface area (Å²) in [5, 5.41) is 2.90. The van der Waals surface area contributed by atoms with Gasteiger partial charge in [-0.1, -0.05) is 37.3 Å². The van der Waals surface area contributed by atoms with E-state index in [1.165, 1.54) is 5.56 Å². The number of anilines is 1. The molecule has 0 fully saturated rings. The van der Waals surface area contributed by atoms with Crippen molar-refractivity contribution in [3.63, 3.8) is 0 Å². The number of hydrogen-bond acceptors (Lipinski definition) is 4. The number of methoxy groups -OCH3 is 1. The van der Waals surface area contributed by atoms with Crippen LogP contribution >= 0.6 is 0 Å². The fraction of sp³-hybridized carbons (Fsp3) is 0.400. The average molecular weight is 342 g/mol. The van der Waals surface area contributed by atoms with Gasteiger partial charge in [0.05, 0.1) is 6.61 Å². The molecule has 1 aromatic carbocycles. The number of aryl methyl sites for hydroxylation is 1. The van der Waals surface area contributed by atoms with Gasteiger partial charge in [0.1, 0.15) is 12.3 Å². The van der Waals surface area contributed by atoms with Crippen LogP contribution in [0.1, 0.15) is 25.3 Å². The number of hydrogen-bond donors (Lipinski definition) is 1. The standard InChI is InChI=1S/C20H26N2O3/c1-16(10-11-17-7-4-3-5-8-17)15-19(23)22-18-9-6-12-21-20(18)25-14-13-24-2/h3-9,12,16H,10-11,13-15H2,1-2H3,(H,22,23). The monoisotopic (exact) mass is 342 g/mol. The van der Waals surface area contributed by atoms with Gasteiger partial charge in [0.2, 0.25) is 11.8 Å². The molecule has 0 aliphatic rings. The Bertz CT molecular complexity index is 646. The smallest absolute Gasteiger partial charge is 0.237 e. The molecule has 0 saturated heterocycles. The Labute approximate surface area is 149 Å². The molecule has 0 bridgehead atoms. The van der Waals surface area contributed by atoms with E-state index in [0.717, 1.165) is 12.8 Å². The molecule has 1 amide bonds. The topological polar surface area (TPSA) is 60.5 Å². The van der Waals surface area contributed by atoms with Gasteiger partial charge < -0.3 is 14.8 Å². The maximum absolute atomic E-state index is 12.3. The van der Waals surface area contributed by atoms with Crippen LogP contribution in [0.25, 0.3) is 0 Å². The lowest BCUT2D eigenvalue weighted by Crippen LogP contribution is -2.17. The van der Waals surface area contributed by atoms with Crippen molar-refractivity contribution in [1.82, 2.24) is 4.98 Å². The minimum absolute atomic E-state index is 0.0230. The lowest BCUT2D eigenvalue weighted by Gasteiger charge is -2.14. The maximum atomic E-state index is 12.3. The predicted octanol–water partition coefficient (Wildman–Crippen LogP) is 3.70. The fourth-order valence-corrected chi connectivity index (χ4v) is 2.50. The van der Waals surface area contributed by atoms with Gasteiger partial charge in [0, 0.05) is 19.7 Å². The van der Waals surface area contributed by atoms with Crippen molar-refractivity contribution in [3.8, 4) is 5.88 Å². The molecule has 0 saturated carbocycles. The summed E-state index contributed by atoms with van der Waals surface area (Å²) in [4.78, 5) is 16.5. The Morgan fingerprint density at radius 2 is 1.96 bits per heavy atom. The number of pyridine rings is 1. The van der Waals surface area contributed by atoms with Crippen LogP contribution in [0.15, 0.2) is 48.7 Å². The number of aromatic nitrogens is 1. The van der Waals surface area contributed by atoms with Crippen LogP contribution in [0.4, 0.5) is 5.69 Å². The van der Waals surface area contributed by atoms with E-state index in [9.17, 15) is 4.79 Å². The normalized spacial score (nSPS) is 11.8. The summed E-state index contributed by atoms with van der Waals surface area (Å²) in [5.41, 5.74) is 1.90. The Hall–Kier alpha value is -2.40. The number of carbonyl (C=O) groups is 1. The van der Waals surface area contributed by atoms with Gasteiger partial charge in [-0.3, -0.25) is 4.79 Å². The highest BCUT2D eigenvalue weighted by Gasteiger charge is 2.12. The predicted molar refractivity (Wildman–Crippen MR) is 98.8 cm³/mol. The first-order chi connectivity index (χ1) is 12.2. The molecule has 1 atom stereocenters. The molecular weight excluding hydrogens is 316 g/mol. The van der Waals surface area contributed by atoms with Crippen molar-refractivity contribution < 1.29 is 14.3 Å². The lowest BCUT2D eigenvalue weighted by atomic mass is 9.98. The molecule has 5 nitrogen and oxygen atoms in total. The molecule has 134 valence electrons. The second-order valence-electron chi connectivity index (χ2n) is 6.08. The largest absolute Gasteiger partial charge is 0.474 e. The van der Waals surface area contributed by atoms with Crippen molar-refractivity contribution in [3.05, 3.63) is 54.2 Å². The molecule has 0 aliphatic heterocycles. The molecule has 2 aromatic rings. The summed E-state index contributed by atoms with van der Waals surface area (Å²) in [6.45, 7) is 2.96. The van der Waals surface area contributed by atoms with Crippen LogP contribution in [0, 0.1) is 5.92 Å². The molecule has 0 aliphatic carbocycles. The van der Waals surface area contributed by atoms with E-state index < -0.39 is 0 Å². The zero-order valence-electron chi connectivity index (χ0n) is 14.9. The maximum Gasteiger partial charge on any atom is 0.237 e. The van der Waals surface area contributed by atoms with Gasteiger partial charge in [-0.25, -0.2) is 4.98 Å². The average Bonchev–Trinajstić information content (AvgIpc) is 2.62. The zero-order valence-corrected chi connectivity index (χ0v) is 14.9. The van der Waals surface area contributed by atoms with Crippen LogP contribution in [-0.2, 0) is 16.0 Å². The Morgan fingerprint density at radius 3 is 2.72 bits per heavy atom. The highest BCUT2D eigenvalue weighted by molar-refractivity contribution is 5.91. The quantitative estimate of drug-likeness (QED) is 0.669. The SMILES string of the molecule is COCCOc1ncccc1NC(=O)CC(C)CCc1ccccc1. The van der Waals surface area contributed by atoms with E-state index in [1.54, 1.807) is 25.4 Å². The third-order valence-electron chi connectivity index (χ3n) is 3.87. The van der Waals surface area contributed by atoms with Crippen LogP contribution in [0.2, 0.25) is 0 Å². The third-order valence-corrected chi connectivity index (χ3v) is 3.87. The number of ether oxygens (including phenoxy) is 2. The molecular formula is C20H26N2O3. The summed E-state index contributed by atoms with van der Waals surface area (Å²) in [6.07, 6.45) is 4.06. The zero-order chi connectivity index (χ0) is 17.9. The third kappa shape index (κ3) is 6.93. The van der Waals surface area contributed by atoms with Crippen LogP contribution in [-0.4, -0.2) is 31.2 Å². The van der Waals surface area contributed by atoms with Crippen LogP contribution < -0.4 is 10.1 Å². The van der Waals surface area contributed by atoms with Crippen molar-refractivity contribution >= 4 is 11.6 Å². The van der Waals surface area contributed by atoms with Gasteiger partial charge in [-0.15, -0.1) is 0 Å². The Morgan fingerprint density at radius 1 is 1.16 bits per heavy atom. The van der Waals surface area contributed by atoms with Gasteiger partial charge in [0.25, 0.3) is 0 Å².